The van der Waals surface area contributed by atoms with Gasteiger partial charge in [0.05, 0.1) is 12.7 Å². The zero-order chi connectivity index (χ0) is 9.52. The molecule has 1 atom stereocenters. The molecule has 0 aromatic heterocycles. The second-order valence-electron chi connectivity index (χ2n) is 3.75. The first-order chi connectivity index (χ1) is 6.33. The minimum Gasteiger partial charge on any atom is -0.381 e. The summed E-state index contributed by atoms with van der Waals surface area (Å²) in [5, 5.41) is 8.42. The highest BCUT2D eigenvalue weighted by Crippen LogP contribution is 2.14. The molecular formula is C10H18N2O. The van der Waals surface area contributed by atoms with Crippen molar-refractivity contribution in [1.82, 2.24) is 4.90 Å². The van der Waals surface area contributed by atoms with Crippen molar-refractivity contribution in [3.05, 3.63) is 0 Å². The maximum atomic E-state index is 8.42. The van der Waals surface area contributed by atoms with Gasteiger partial charge >= 0.3 is 0 Å². The van der Waals surface area contributed by atoms with Crippen LogP contribution in [0.2, 0.25) is 0 Å². The molecule has 0 aromatic carbocycles. The van der Waals surface area contributed by atoms with Crippen molar-refractivity contribution in [1.29, 1.82) is 5.26 Å². The second-order valence-corrected chi connectivity index (χ2v) is 3.75. The number of hydrogen-bond donors (Lipinski definition) is 0. The van der Waals surface area contributed by atoms with E-state index >= 15 is 0 Å². The van der Waals surface area contributed by atoms with Crippen molar-refractivity contribution in [2.45, 2.75) is 19.3 Å². The number of ether oxygens (including phenoxy) is 1. The first kappa shape index (κ1) is 10.5. The average Bonchev–Trinajstić information content (AvgIpc) is 2.16. The maximum absolute atomic E-state index is 8.42. The third-order valence-electron chi connectivity index (χ3n) is 2.43. The van der Waals surface area contributed by atoms with Gasteiger partial charge < -0.3 is 9.64 Å². The number of hydrogen-bond acceptors (Lipinski definition) is 3. The largest absolute Gasteiger partial charge is 0.381 e. The van der Waals surface area contributed by atoms with Gasteiger partial charge in [-0.15, -0.1) is 0 Å². The summed E-state index contributed by atoms with van der Waals surface area (Å²) in [4.78, 5) is 2.22. The van der Waals surface area contributed by atoms with Gasteiger partial charge in [-0.1, -0.05) is 0 Å². The summed E-state index contributed by atoms with van der Waals surface area (Å²) in [6.07, 6.45) is 3.09. The summed E-state index contributed by atoms with van der Waals surface area (Å²) in [6.45, 7) is 3.78. The first-order valence-electron chi connectivity index (χ1n) is 4.96. The Balaban J connectivity index is 2.11. The lowest BCUT2D eigenvalue weighted by Gasteiger charge is -2.26. The maximum Gasteiger partial charge on any atom is 0.0635 e. The molecule has 13 heavy (non-hydrogen) atoms. The second kappa shape index (κ2) is 5.95. The van der Waals surface area contributed by atoms with Gasteiger partial charge in [0.25, 0.3) is 0 Å². The zero-order valence-corrected chi connectivity index (χ0v) is 8.33. The van der Waals surface area contributed by atoms with Gasteiger partial charge in [0, 0.05) is 26.1 Å². The van der Waals surface area contributed by atoms with E-state index in [9.17, 15) is 0 Å². The van der Waals surface area contributed by atoms with E-state index in [1.807, 2.05) is 0 Å². The van der Waals surface area contributed by atoms with Gasteiger partial charge in [0.1, 0.15) is 0 Å². The van der Waals surface area contributed by atoms with Crippen LogP contribution in [0.4, 0.5) is 0 Å². The van der Waals surface area contributed by atoms with Crippen molar-refractivity contribution < 1.29 is 4.74 Å². The molecule has 1 rings (SSSR count). The Hall–Kier alpha value is -0.590. The van der Waals surface area contributed by atoms with Gasteiger partial charge in [-0.2, -0.15) is 5.26 Å². The summed E-state index contributed by atoms with van der Waals surface area (Å²) < 4.78 is 5.40. The van der Waals surface area contributed by atoms with Gasteiger partial charge in [0.2, 0.25) is 0 Å². The van der Waals surface area contributed by atoms with Gasteiger partial charge in [0.15, 0.2) is 0 Å². The Morgan fingerprint density at radius 2 is 2.46 bits per heavy atom. The molecule has 74 valence electrons. The fourth-order valence-electron chi connectivity index (χ4n) is 1.72. The smallest absolute Gasteiger partial charge is 0.0635 e. The molecule has 3 nitrogen and oxygen atoms in total. The number of rotatable bonds is 4. The Kier molecular flexibility index (Phi) is 4.81. The van der Waals surface area contributed by atoms with Crippen LogP contribution in [0.1, 0.15) is 19.3 Å². The van der Waals surface area contributed by atoms with Crippen molar-refractivity contribution in [2.75, 3.05) is 33.4 Å². The predicted octanol–water partition coefficient (Wildman–Crippen LogP) is 1.26. The lowest BCUT2D eigenvalue weighted by Crippen LogP contribution is -2.31. The fraction of sp³-hybridized carbons (Fsp3) is 0.900. The molecule has 0 spiro atoms. The van der Waals surface area contributed by atoms with E-state index in [0.717, 1.165) is 26.3 Å². The Morgan fingerprint density at radius 3 is 3.08 bits per heavy atom. The number of nitrogens with zero attached hydrogens (tertiary/aromatic N) is 2. The van der Waals surface area contributed by atoms with E-state index in [1.165, 1.54) is 12.8 Å². The molecule has 3 heteroatoms. The molecule has 0 aromatic rings. The quantitative estimate of drug-likeness (QED) is 0.656. The normalized spacial score (nSPS) is 23.0. The average molecular weight is 182 g/mol. The molecule has 0 saturated carbocycles. The summed E-state index contributed by atoms with van der Waals surface area (Å²) in [7, 11) is 2.08. The molecule has 1 aliphatic rings. The third-order valence-corrected chi connectivity index (χ3v) is 2.43. The molecule has 0 amide bonds. The summed E-state index contributed by atoms with van der Waals surface area (Å²) in [5.41, 5.74) is 0. The van der Waals surface area contributed by atoms with Crippen LogP contribution in [0.3, 0.4) is 0 Å². The third kappa shape index (κ3) is 4.25. The zero-order valence-electron chi connectivity index (χ0n) is 8.33. The van der Waals surface area contributed by atoms with E-state index in [2.05, 4.69) is 18.0 Å². The van der Waals surface area contributed by atoms with Crippen LogP contribution < -0.4 is 0 Å². The minimum absolute atomic E-state index is 0.629. The van der Waals surface area contributed by atoms with Crippen LogP contribution in [0.5, 0.6) is 0 Å². The van der Waals surface area contributed by atoms with Gasteiger partial charge in [-0.05, 0) is 25.8 Å². The topological polar surface area (TPSA) is 36.3 Å². The highest BCUT2D eigenvalue weighted by Gasteiger charge is 2.15. The van der Waals surface area contributed by atoms with E-state index in [4.69, 9.17) is 10.00 Å². The molecule has 0 aliphatic carbocycles. The van der Waals surface area contributed by atoms with Crippen molar-refractivity contribution in [2.24, 2.45) is 5.92 Å². The molecule has 1 unspecified atom stereocenters. The van der Waals surface area contributed by atoms with Crippen molar-refractivity contribution >= 4 is 0 Å². The van der Waals surface area contributed by atoms with E-state index in [1.54, 1.807) is 0 Å². The van der Waals surface area contributed by atoms with Crippen LogP contribution in [-0.4, -0.2) is 38.3 Å². The lowest BCUT2D eigenvalue weighted by atomic mass is 10.0. The Morgan fingerprint density at radius 1 is 1.62 bits per heavy atom. The van der Waals surface area contributed by atoms with Crippen LogP contribution >= 0.6 is 0 Å². The van der Waals surface area contributed by atoms with Crippen LogP contribution in [0, 0.1) is 17.2 Å². The van der Waals surface area contributed by atoms with Crippen LogP contribution in [-0.2, 0) is 4.74 Å². The Labute approximate surface area is 80.3 Å². The highest BCUT2D eigenvalue weighted by atomic mass is 16.5. The predicted molar refractivity (Wildman–Crippen MR) is 51.3 cm³/mol. The van der Waals surface area contributed by atoms with Crippen molar-refractivity contribution in [3.63, 3.8) is 0 Å². The van der Waals surface area contributed by atoms with Crippen LogP contribution in [0.25, 0.3) is 0 Å². The van der Waals surface area contributed by atoms with E-state index in [-0.39, 0.29) is 0 Å². The van der Waals surface area contributed by atoms with E-state index < -0.39 is 0 Å². The highest BCUT2D eigenvalue weighted by molar-refractivity contribution is 4.73. The SMILES string of the molecule is CN(CCC#N)CC1CCCOC1. The fourth-order valence-corrected chi connectivity index (χ4v) is 1.72. The van der Waals surface area contributed by atoms with Gasteiger partial charge in [-0.25, -0.2) is 0 Å². The van der Waals surface area contributed by atoms with Crippen LogP contribution in [0.15, 0.2) is 0 Å². The number of nitriles is 1. The standard InChI is InChI=1S/C10H18N2O/c1-12(6-3-5-11)8-10-4-2-7-13-9-10/h10H,2-4,6-9H2,1H3. The van der Waals surface area contributed by atoms with E-state index in [0.29, 0.717) is 12.3 Å². The molecule has 1 heterocycles. The molecule has 1 aliphatic heterocycles. The summed E-state index contributed by atoms with van der Waals surface area (Å²) >= 11 is 0. The summed E-state index contributed by atoms with van der Waals surface area (Å²) in [5.74, 6) is 0.678. The minimum atomic E-state index is 0.629. The Bertz CT molecular complexity index is 170. The molecule has 0 radical (unpaired) electrons. The molecule has 0 bridgehead atoms. The summed E-state index contributed by atoms with van der Waals surface area (Å²) in [6, 6.07) is 2.16. The van der Waals surface area contributed by atoms with Crippen molar-refractivity contribution in [3.8, 4) is 6.07 Å². The first-order valence-corrected chi connectivity index (χ1v) is 4.96. The molecule has 0 N–H and O–H groups in total. The molecular weight excluding hydrogens is 164 g/mol. The monoisotopic (exact) mass is 182 g/mol. The molecule has 1 saturated heterocycles. The lowest BCUT2D eigenvalue weighted by molar-refractivity contribution is 0.0423. The molecule has 1 fully saturated rings. The van der Waals surface area contributed by atoms with Gasteiger partial charge in [-0.3, -0.25) is 0 Å².